The first-order valence-corrected chi connectivity index (χ1v) is 6.99. The van der Waals surface area contributed by atoms with E-state index in [4.69, 9.17) is 0 Å². The van der Waals surface area contributed by atoms with Crippen molar-refractivity contribution in [2.24, 2.45) is 11.8 Å². The van der Waals surface area contributed by atoms with Crippen LogP contribution in [0.4, 0.5) is 0 Å². The fourth-order valence-corrected chi connectivity index (χ4v) is 2.92. The fraction of sp³-hybridized carbons (Fsp3) is 0.786. The summed E-state index contributed by atoms with van der Waals surface area (Å²) in [5.74, 6) is 1.77. The van der Waals surface area contributed by atoms with Gasteiger partial charge in [0.15, 0.2) is 0 Å². The van der Waals surface area contributed by atoms with Gasteiger partial charge in [-0.05, 0) is 31.2 Å². The first-order valence-electron chi connectivity index (χ1n) is 6.99. The van der Waals surface area contributed by atoms with Gasteiger partial charge in [-0.15, -0.1) is 0 Å². The highest BCUT2D eigenvalue weighted by Gasteiger charge is 2.19. The lowest BCUT2D eigenvalue weighted by atomic mass is 9.82. The summed E-state index contributed by atoms with van der Waals surface area (Å²) < 4.78 is 2.34. The Bertz CT molecular complexity index is 332. The topological polar surface area (TPSA) is 29.9 Å². The fourth-order valence-electron chi connectivity index (χ4n) is 2.92. The average molecular weight is 235 g/mol. The predicted molar refractivity (Wildman–Crippen MR) is 70.7 cm³/mol. The van der Waals surface area contributed by atoms with Crippen molar-refractivity contribution in [1.82, 2.24) is 14.9 Å². The van der Waals surface area contributed by atoms with E-state index in [9.17, 15) is 0 Å². The highest BCUT2D eigenvalue weighted by molar-refractivity contribution is 4.98. The molecule has 1 heterocycles. The molecule has 2 unspecified atom stereocenters. The Hall–Kier alpha value is -0.830. The van der Waals surface area contributed by atoms with Gasteiger partial charge < -0.3 is 9.88 Å². The summed E-state index contributed by atoms with van der Waals surface area (Å²) in [5.41, 5.74) is 1.32. The van der Waals surface area contributed by atoms with E-state index in [1.807, 2.05) is 12.5 Å². The second-order valence-electron chi connectivity index (χ2n) is 5.46. The van der Waals surface area contributed by atoms with E-state index in [1.54, 1.807) is 0 Å². The summed E-state index contributed by atoms with van der Waals surface area (Å²) in [6.07, 6.45) is 9.59. The summed E-state index contributed by atoms with van der Waals surface area (Å²) >= 11 is 0. The molecular formula is C14H25N3. The molecule has 1 fully saturated rings. The first kappa shape index (κ1) is 12.6. The van der Waals surface area contributed by atoms with Gasteiger partial charge in [-0.25, -0.2) is 4.98 Å². The van der Waals surface area contributed by atoms with E-state index >= 15 is 0 Å². The van der Waals surface area contributed by atoms with E-state index in [-0.39, 0.29) is 0 Å². The quantitative estimate of drug-likeness (QED) is 0.850. The van der Waals surface area contributed by atoms with Gasteiger partial charge in [0.2, 0.25) is 0 Å². The number of nitrogens with zero attached hydrogens (tertiary/aromatic N) is 2. The van der Waals surface area contributed by atoms with Crippen molar-refractivity contribution in [2.45, 2.75) is 52.6 Å². The highest BCUT2D eigenvalue weighted by Crippen LogP contribution is 2.29. The molecule has 0 bridgehead atoms. The van der Waals surface area contributed by atoms with Crippen LogP contribution in [-0.2, 0) is 13.1 Å². The van der Waals surface area contributed by atoms with Gasteiger partial charge in [0.1, 0.15) is 0 Å². The molecule has 0 aliphatic heterocycles. The van der Waals surface area contributed by atoms with Gasteiger partial charge >= 0.3 is 0 Å². The molecule has 1 aliphatic carbocycles. The third kappa shape index (κ3) is 3.56. The van der Waals surface area contributed by atoms with Crippen molar-refractivity contribution in [3.63, 3.8) is 0 Å². The van der Waals surface area contributed by atoms with Crippen molar-refractivity contribution in [2.75, 3.05) is 6.54 Å². The Morgan fingerprint density at radius 2 is 2.35 bits per heavy atom. The second-order valence-corrected chi connectivity index (χ2v) is 5.46. The molecule has 0 amide bonds. The van der Waals surface area contributed by atoms with Gasteiger partial charge in [0.25, 0.3) is 0 Å². The van der Waals surface area contributed by atoms with E-state index < -0.39 is 0 Å². The second kappa shape index (κ2) is 6.20. The zero-order chi connectivity index (χ0) is 12.1. The number of rotatable bonds is 5. The van der Waals surface area contributed by atoms with Crippen molar-refractivity contribution < 1.29 is 0 Å². The van der Waals surface area contributed by atoms with Gasteiger partial charge in [-0.2, -0.15) is 0 Å². The molecule has 1 N–H and O–H groups in total. The summed E-state index contributed by atoms with van der Waals surface area (Å²) in [7, 11) is 0. The Balaban J connectivity index is 1.91. The zero-order valence-corrected chi connectivity index (χ0v) is 11.2. The molecule has 96 valence electrons. The van der Waals surface area contributed by atoms with Gasteiger partial charge in [0.05, 0.1) is 12.0 Å². The molecule has 0 aromatic carbocycles. The highest BCUT2D eigenvalue weighted by atomic mass is 15.1. The summed E-state index contributed by atoms with van der Waals surface area (Å²) in [5, 5.41) is 3.38. The van der Waals surface area contributed by atoms with Crippen molar-refractivity contribution in [3.8, 4) is 0 Å². The Morgan fingerprint density at radius 1 is 1.47 bits per heavy atom. The van der Waals surface area contributed by atoms with Crippen LogP contribution in [0.5, 0.6) is 0 Å². The maximum atomic E-state index is 4.28. The smallest absolute Gasteiger partial charge is 0.0948 e. The van der Waals surface area contributed by atoms with Crippen LogP contribution < -0.4 is 5.32 Å². The Labute approximate surface area is 105 Å². The predicted octanol–water partition coefficient (Wildman–Crippen LogP) is 2.82. The molecule has 0 spiro atoms. The molecule has 0 saturated heterocycles. The summed E-state index contributed by atoms with van der Waals surface area (Å²) in [4.78, 5) is 4.28. The zero-order valence-electron chi connectivity index (χ0n) is 11.2. The van der Waals surface area contributed by atoms with Gasteiger partial charge in [-0.3, -0.25) is 0 Å². The van der Waals surface area contributed by atoms with Gasteiger partial charge in [-0.1, -0.05) is 26.7 Å². The molecule has 17 heavy (non-hydrogen) atoms. The standard InChI is InChI=1S/C14H25N3/c1-3-15-8-14-9-16-11-17(14)10-13-6-4-5-12(2)7-13/h9,11-13,15H,3-8,10H2,1-2H3. The maximum Gasteiger partial charge on any atom is 0.0948 e. The molecule has 3 heteroatoms. The molecule has 1 aliphatic rings. The minimum atomic E-state index is 0.855. The van der Waals surface area contributed by atoms with Crippen LogP contribution >= 0.6 is 0 Å². The molecule has 1 aromatic rings. The number of imidazole rings is 1. The van der Waals surface area contributed by atoms with Crippen LogP contribution in [0.3, 0.4) is 0 Å². The van der Waals surface area contributed by atoms with Gasteiger partial charge in [0, 0.05) is 19.3 Å². The first-order chi connectivity index (χ1) is 8.29. The lowest BCUT2D eigenvalue weighted by molar-refractivity contribution is 0.255. The van der Waals surface area contributed by atoms with Crippen LogP contribution in [0.1, 0.15) is 45.2 Å². The lowest BCUT2D eigenvalue weighted by Crippen LogP contribution is -2.21. The molecule has 3 nitrogen and oxygen atoms in total. The van der Waals surface area contributed by atoms with Crippen molar-refractivity contribution in [1.29, 1.82) is 0 Å². The van der Waals surface area contributed by atoms with Crippen molar-refractivity contribution >= 4 is 0 Å². The van der Waals surface area contributed by atoms with Crippen LogP contribution in [-0.4, -0.2) is 16.1 Å². The normalized spacial score (nSPS) is 25.1. The SMILES string of the molecule is CCNCc1cncn1CC1CCCC(C)C1. The summed E-state index contributed by atoms with van der Waals surface area (Å²) in [6.45, 7) is 7.65. The molecule has 1 aromatic heterocycles. The molecular weight excluding hydrogens is 210 g/mol. The Kier molecular flexibility index (Phi) is 4.60. The number of hydrogen-bond donors (Lipinski definition) is 1. The maximum absolute atomic E-state index is 4.28. The minimum absolute atomic E-state index is 0.855. The van der Waals surface area contributed by atoms with E-state index in [1.165, 1.54) is 31.4 Å². The largest absolute Gasteiger partial charge is 0.333 e. The molecule has 1 saturated carbocycles. The van der Waals surface area contributed by atoms with Crippen LogP contribution in [0.15, 0.2) is 12.5 Å². The molecule has 2 atom stereocenters. The van der Waals surface area contributed by atoms with Crippen molar-refractivity contribution in [3.05, 3.63) is 18.2 Å². The monoisotopic (exact) mass is 235 g/mol. The molecule has 2 rings (SSSR count). The number of aromatic nitrogens is 2. The van der Waals surface area contributed by atoms with Crippen LogP contribution in [0.2, 0.25) is 0 Å². The van der Waals surface area contributed by atoms with E-state index in [0.29, 0.717) is 0 Å². The van der Waals surface area contributed by atoms with Crippen LogP contribution in [0.25, 0.3) is 0 Å². The Morgan fingerprint density at radius 3 is 3.12 bits per heavy atom. The number of hydrogen-bond acceptors (Lipinski definition) is 2. The lowest BCUT2D eigenvalue weighted by Gasteiger charge is -2.27. The van der Waals surface area contributed by atoms with Crippen LogP contribution in [0, 0.1) is 11.8 Å². The average Bonchev–Trinajstić information content (AvgIpc) is 2.74. The molecule has 0 radical (unpaired) electrons. The summed E-state index contributed by atoms with van der Waals surface area (Å²) in [6, 6.07) is 0. The van der Waals surface area contributed by atoms with E-state index in [0.717, 1.165) is 31.5 Å². The van der Waals surface area contributed by atoms with E-state index in [2.05, 4.69) is 28.7 Å². The minimum Gasteiger partial charge on any atom is -0.333 e. The third-order valence-electron chi connectivity index (χ3n) is 3.85. The number of nitrogens with one attached hydrogen (secondary N) is 1. The third-order valence-corrected chi connectivity index (χ3v) is 3.85.